The fourth-order valence-electron chi connectivity index (χ4n) is 2.17. The highest BCUT2D eigenvalue weighted by atomic mass is 16.5. The molecule has 0 unspecified atom stereocenters. The van der Waals surface area contributed by atoms with E-state index in [2.05, 4.69) is 0 Å². The first-order valence-corrected chi connectivity index (χ1v) is 6.52. The predicted octanol–water partition coefficient (Wildman–Crippen LogP) is 1.94. The van der Waals surface area contributed by atoms with Crippen LogP contribution in [0.3, 0.4) is 0 Å². The number of hydrogen-bond acceptors (Lipinski definition) is 6. The summed E-state index contributed by atoms with van der Waals surface area (Å²) in [6.45, 7) is 0. The second kappa shape index (κ2) is 6.27. The van der Waals surface area contributed by atoms with Gasteiger partial charge < -0.3 is 25.2 Å². The molecule has 7 nitrogen and oxygen atoms in total. The van der Waals surface area contributed by atoms with E-state index >= 15 is 0 Å². The van der Waals surface area contributed by atoms with Crippen LogP contribution in [-0.2, 0) is 6.42 Å². The van der Waals surface area contributed by atoms with Gasteiger partial charge >= 0.3 is 5.97 Å². The summed E-state index contributed by atoms with van der Waals surface area (Å²) in [6, 6.07) is 6.36. The molecule has 0 spiro atoms. The molecule has 120 valence electrons. The average Bonchev–Trinajstić information content (AvgIpc) is 2.49. The third kappa shape index (κ3) is 3.18. The van der Waals surface area contributed by atoms with Crippen molar-refractivity contribution >= 4 is 11.8 Å². The van der Waals surface area contributed by atoms with E-state index in [4.69, 9.17) is 9.84 Å². The monoisotopic (exact) mass is 318 g/mol. The van der Waals surface area contributed by atoms with E-state index in [1.165, 1.54) is 31.4 Å². The molecule has 0 aromatic heterocycles. The number of aromatic carboxylic acids is 1. The zero-order valence-corrected chi connectivity index (χ0v) is 12.1. The Morgan fingerprint density at radius 1 is 1.09 bits per heavy atom. The van der Waals surface area contributed by atoms with E-state index in [0.717, 1.165) is 6.07 Å². The molecule has 2 aromatic rings. The zero-order chi connectivity index (χ0) is 17.1. The summed E-state index contributed by atoms with van der Waals surface area (Å²) in [5.41, 5.74) is -0.179. The van der Waals surface area contributed by atoms with Crippen molar-refractivity contribution in [3.05, 3.63) is 47.0 Å². The largest absolute Gasteiger partial charge is 0.507 e. The molecule has 7 heteroatoms. The molecule has 0 aliphatic carbocycles. The van der Waals surface area contributed by atoms with Gasteiger partial charge in [-0.2, -0.15) is 0 Å². The molecule has 0 atom stereocenters. The summed E-state index contributed by atoms with van der Waals surface area (Å²) in [5.74, 6) is -3.39. The fraction of sp³-hybridized carbons (Fsp3) is 0.125. The molecule has 2 aromatic carbocycles. The number of ketones is 1. The molecule has 2 rings (SSSR count). The first-order chi connectivity index (χ1) is 10.8. The van der Waals surface area contributed by atoms with Crippen molar-refractivity contribution in [3.63, 3.8) is 0 Å². The van der Waals surface area contributed by atoms with Crippen LogP contribution in [0.2, 0.25) is 0 Å². The van der Waals surface area contributed by atoms with E-state index in [1.807, 2.05) is 0 Å². The summed E-state index contributed by atoms with van der Waals surface area (Å²) in [4.78, 5) is 23.5. The number of carbonyl (C=O) groups is 2. The van der Waals surface area contributed by atoms with Crippen molar-refractivity contribution in [2.45, 2.75) is 6.42 Å². The van der Waals surface area contributed by atoms with Crippen LogP contribution in [0.5, 0.6) is 23.0 Å². The number of rotatable bonds is 5. The molecule has 0 aliphatic heterocycles. The molecule has 0 fully saturated rings. The lowest BCUT2D eigenvalue weighted by Crippen LogP contribution is -2.09. The van der Waals surface area contributed by atoms with E-state index in [1.54, 1.807) is 0 Å². The minimum absolute atomic E-state index is 0.0387. The number of carboxylic acids is 1. The van der Waals surface area contributed by atoms with Crippen molar-refractivity contribution in [2.75, 3.05) is 7.11 Å². The van der Waals surface area contributed by atoms with Gasteiger partial charge in [0.2, 0.25) is 5.75 Å². The maximum atomic E-state index is 12.3. The van der Waals surface area contributed by atoms with Crippen molar-refractivity contribution < 1.29 is 34.8 Å². The Bertz CT molecular complexity index is 780. The van der Waals surface area contributed by atoms with Gasteiger partial charge in [0.15, 0.2) is 17.3 Å². The van der Waals surface area contributed by atoms with Gasteiger partial charge in [-0.1, -0.05) is 12.1 Å². The van der Waals surface area contributed by atoms with Gasteiger partial charge in [-0.25, -0.2) is 4.79 Å². The second-order valence-corrected chi connectivity index (χ2v) is 4.76. The Kier molecular flexibility index (Phi) is 4.40. The number of Topliss-reactive ketones (excluding diaryl/α,β-unsaturated/α-hetero) is 1. The highest BCUT2D eigenvalue weighted by Gasteiger charge is 2.20. The normalized spacial score (nSPS) is 10.3. The number of phenols is 3. The number of phenolic OH excluding ortho intramolecular Hbond substituents is 2. The number of hydrogen-bond donors (Lipinski definition) is 4. The molecular formula is C16H14O7. The third-order valence-corrected chi connectivity index (χ3v) is 3.29. The average molecular weight is 318 g/mol. The Hall–Kier alpha value is -3.22. The summed E-state index contributed by atoms with van der Waals surface area (Å²) in [7, 11) is 1.26. The van der Waals surface area contributed by atoms with Gasteiger partial charge in [-0.05, 0) is 23.8 Å². The summed E-state index contributed by atoms with van der Waals surface area (Å²) in [5, 5.41) is 37.9. The van der Waals surface area contributed by atoms with Gasteiger partial charge in [0, 0.05) is 12.0 Å². The van der Waals surface area contributed by atoms with E-state index in [9.17, 15) is 24.9 Å². The van der Waals surface area contributed by atoms with Crippen LogP contribution in [0.4, 0.5) is 0 Å². The summed E-state index contributed by atoms with van der Waals surface area (Å²) in [6.07, 6.45) is -0.302. The predicted molar refractivity (Wildman–Crippen MR) is 79.4 cm³/mol. The molecule has 0 saturated heterocycles. The number of benzene rings is 2. The molecule has 0 saturated carbocycles. The highest BCUT2D eigenvalue weighted by molar-refractivity contribution is 6.01. The van der Waals surface area contributed by atoms with E-state index in [0.29, 0.717) is 0 Å². The molecule has 0 bridgehead atoms. The van der Waals surface area contributed by atoms with Crippen LogP contribution in [0.15, 0.2) is 30.3 Å². The van der Waals surface area contributed by atoms with Crippen molar-refractivity contribution in [1.82, 2.24) is 0 Å². The van der Waals surface area contributed by atoms with Gasteiger partial charge in [0.25, 0.3) is 0 Å². The van der Waals surface area contributed by atoms with Gasteiger partial charge in [0.05, 0.1) is 7.11 Å². The first-order valence-electron chi connectivity index (χ1n) is 6.52. The number of aromatic hydroxyl groups is 3. The Labute approximate surface area is 131 Å². The van der Waals surface area contributed by atoms with Gasteiger partial charge in [-0.3, -0.25) is 4.79 Å². The quantitative estimate of drug-likeness (QED) is 0.490. The topological polar surface area (TPSA) is 124 Å². The third-order valence-electron chi connectivity index (χ3n) is 3.29. The number of ether oxygens (including phenoxy) is 1. The fourth-order valence-corrected chi connectivity index (χ4v) is 2.17. The maximum Gasteiger partial charge on any atom is 0.339 e. The molecule has 0 amide bonds. The highest BCUT2D eigenvalue weighted by Crippen LogP contribution is 2.36. The molecular weight excluding hydrogens is 304 g/mol. The Morgan fingerprint density at radius 2 is 1.78 bits per heavy atom. The molecule has 4 N–H and O–H groups in total. The minimum atomic E-state index is -1.35. The van der Waals surface area contributed by atoms with Crippen LogP contribution in [0, 0.1) is 0 Å². The van der Waals surface area contributed by atoms with Crippen LogP contribution in [-0.4, -0.2) is 39.3 Å². The Balaban J connectivity index is 2.39. The lowest BCUT2D eigenvalue weighted by Gasteiger charge is -2.10. The van der Waals surface area contributed by atoms with Crippen LogP contribution in [0.25, 0.3) is 0 Å². The van der Waals surface area contributed by atoms with Crippen molar-refractivity contribution in [3.8, 4) is 23.0 Å². The van der Waals surface area contributed by atoms with Gasteiger partial charge in [-0.15, -0.1) is 0 Å². The smallest absolute Gasteiger partial charge is 0.339 e. The lowest BCUT2D eigenvalue weighted by atomic mass is 9.97. The van der Waals surface area contributed by atoms with E-state index in [-0.39, 0.29) is 28.9 Å². The molecule has 0 heterocycles. The second-order valence-electron chi connectivity index (χ2n) is 4.76. The zero-order valence-electron chi connectivity index (χ0n) is 12.1. The van der Waals surface area contributed by atoms with Crippen LogP contribution >= 0.6 is 0 Å². The number of carboxylic acid groups (broad SMARTS) is 1. The van der Waals surface area contributed by atoms with Crippen LogP contribution in [0.1, 0.15) is 26.3 Å². The van der Waals surface area contributed by atoms with Crippen molar-refractivity contribution in [2.24, 2.45) is 0 Å². The summed E-state index contributed by atoms with van der Waals surface area (Å²) >= 11 is 0. The number of carbonyl (C=O) groups excluding carboxylic acids is 1. The van der Waals surface area contributed by atoms with E-state index < -0.39 is 29.0 Å². The number of methoxy groups -OCH3 is 1. The van der Waals surface area contributed by atoms with Crippen molar-refractivity contribution in [1.29, 1.82) is 0 Å². The minimum Gasteiger partial charge on any atom is -0.507 e. The Morgan fingerprint density at radius 3 is 2.39 bits per heavy atom. The molecule has 0 radical (unpaired) electrons. The standard InChI is InChI=1S/C16H14O7/c1-23-13-7-9(6-12(19)15(13)20)11(18)5-8-3-2-4-10(17)14(8)16(21)22/h2-4,6-7,17,19-20H,5H2,1H3,(H,21,22). The van der Waals surface area contributed by atoms with Gasteiger partial charge in [0.1, 0.15) is 11.3 Å². The molecule has 0 aliphatic rings. The van der Waals surface area contributed by atoms with Crippen LogP contribution < -0.4 is 4.74 Å². The SMILES string of the molecule is COc1cc(C(=O)Cc2cccc(O)c2C(=O)O)cc(O)c1O. The summed E-state index contributed by atoms with van der Waals surface area (Å²) < 4.78 is 4.85. The maximum absolute atomic E-state index is 12.3. The lowest BCUT2D eigenvalue weighted by molar-refractivity contribution is 0.0692. The first kappa shape index (κ1) is 16.2. The molecule has 23 heavy (non-hydrogen) atoms.